The van der Waals surface area contributed by atoms with Crippen molar-refractivity contribution < 1.29 is 33.3 Å². The lowest BCUT2D eigenvalue weighted by molar-refractivity contribution is -0.120. The van der Waals surface area contributed by atoms with Crippen LogP contribution < -0.4 is 49.6 Å². The highest BCUT2D eigenvalue weighted by Gasteiger charge is 2.31. The molecule has 0 saturated carbocycles. The van der Waals surface area contributed by atoms with Gasteiger partial charge in [0.05, 0.1) is 79.7 Å². The van der Waals surface area contributed by atoms with Gasteiger partial charge in [0.15, 0.2) is 38.7 Å². The van der Waals surface area contributed by atoms with Crippen LogP contribution in [0.25, 0.3) is 62.0 Å². The van der Waals surface area contributed by atoms with Crippen molar-refractivity contribution in [1.29, 1.82) is 0 Å². The molecule has 3 aliphatic rings. The molecule has 0 bridgehead atoms. The number of carbonyl (C=O) groups is 3. The third kappa shape index (κ3) is 13.7. The van der Waals surface area contributed by atoms with Crippen LogP contribution in [0.15, 0.2) is 109 Å². The lowest BCUT2D eigenvalue weighted by atomic mass is 10.0. The SMILES string of the molecule is COc1ccc(-c2c(-c3ccc(C)cc3)nc3c(N4CC[C@@H](NC(C)=O)C4)cc(C)nn23)cc1OC.COc1ccc(-c2c(C)nc3c(N4CC[C@@H](NC(C)=O)C4)cc(Cl)nn23)cc1.COc1cccc(-c2c(C)nc3c(N4CC[C@@H](NC(C)=O)C4)cc(Cl)nn23)c1. The quantitative estimate of drug-likeness (QED) is 0.0920. The van der Waals surface area contributed by atoms with E-state index < -0.39 is 0 Å². The molecule has 4 aromatic carbocycles. The number of imidazole rings is 3. The highest BCUT2D eigenvalue weighted by molar-refractivity contribution is 6.30. The minimum Gasteiger partial charge on any atom is -0.497 e. The molecule has 3 N–H and O–H groups in total. The summed E-state index contributed by atoms with van der Waals surface area (Å²) in [6.45, 7) is 17.3. The number of rotatable bonds is 14. The number of hydrogen-bond acceptors (Lipinski definition) is 16. The summed E-state index contributed by atoms with van der Waals surface area (Å²) in [5, 5.41) is 23.7. The molecule has 6 aromatic heterocycles. The molecule has 13 rings (SSSR count). The number of carbonyl (C=O) groups excluding carboxylic acids is 3. The molecule has 0 radical (unpaired) electrons. The number of ether oxygens (including phenoxy) is 4. The predicted molar refractivity (Wildman–Crippen MR) is 359 cm³/mol. The number of fused-ring (bicyclic) bond motifs is 3. The van der Waals surface area contributed by atoms with Crippen molar-refractivity contribution in [2.45, 2.75) is 85.9 Å². The summed E-state index contributed by atoms with van der Waals surface area (Å²) >= 11 is 12.7. The van der Waals surface area contributed by atoms with E-state index in [1.54, 1.807) is 58.2 Å². The van der Waals surface area contributed by atoms with Gasteiger partial charge in [0.1, 0.15) is 17.2 Å². The number of hydrogen-bond donors (Lipinski definition) is 3. The fraction of sp³-hybridized carbons (Fsp3) is 0.338. The Bertz CT molecular complexity index is 4380. The van der Waals surface area contributed by atoms with Gasteiger partial charge in [-0.05, 0) is 108 Å². The highest BCUT2D eigenvalue weighted by Crippen LogP contribution is 2.41. The first kappa shape index (κ1) is 63.9. The molecule has 22 nitrogen and oxygen atoms in total. The molecule has 3 saturated heterocycles. The standard InChI is InChI=1S/C28H31N5O3.2C20H22ClN5O2/c1-17-6-8-20(9-7-17)26-27(21-10-11-24(35-4)25(15-21)36-5)33-28(30-26)23(14-18(2)31-33)32-13-12-22(16-32)29-19(3)34;1-12-19(14-4-6-16(28-3)7-5-14)26-20(22-12)17(10-18(21)24-26)25-9-8-15(11-25)23-13(2)27;1-12-19(14-5-4-6-16(9-14)28-3)26-20(22-12)17(10-18(21)24-26)25-8-7-15(11-25)23-13(2)27/h6-11,14-15,22H,12-13,16H2,1-5H3,(H,29,34);4-7,10,15H,8-9,11H2,1-3H3,(H,23,27);4-6,9-10,15H,7-8,11H2,1-3H3,(H,23,27)/t22-;2*15-/m111/s1. The molecule has 9 heterocycles. The van der Waals surface area contributed by atoms with Gasteiger partial charge in [-0.2, -0.15) is 15.3 Å². The van der Waals surface area contributed by atoms with Crippen molar-refractivity contribution in [2.24, 2.45) is 0 Å². The summed E-state index contributed by atoms with van der Waals surface area (Å²) in [6.07, 6.45) is 2.66. The van der Waals surface area contributed by atoms with E-state index >= 15 is 0 Å². The summed E-state index contributed by atoms with van der Waals surface area (Å²) in [5.41, 5.74) is 16.4. The maximum atomic E-state index is 11.6. The van der Waals surface area contributed by atoms with Crippen molar-refractivity contribution in [3.8, 4) is 68.0 Å². The highest BCUT2D eigenvalue weighted by atomic mass is 35.5. The minimum absolute atomic E-state index is 0.00360. The Kier molecular flexibility index (Phi) is 19.0. The van der Waals surface area contributed by atoms with Gasteiger partial charge in [0.2, 0.25) is 17.7 Å². The summed E-state index contributed by atoms with van der Waals surface area (Å²) in [6, 6.07) is 36.0. The summed E-state index contributed by atoms with van der Waals surface area (Å²) in [5.74, 6) is 2.85. The zero-order valence-electron chi connectivity index (χ0n) is 53.5. The van der Waals surface area contributed by atoms with Crippen molar-refractivity contribution >= 4 is 74.9 Å². The summed E-state index contributed by atoms with van der Waals surface area (Å²) < 4.78 is 27.2. The Hall–Kier alpha value is -9.67. The number of benzene rings is 4. The average molecular weight is 1290 g/mol. The van der Waals surface area contributed by atoms with Crippen LogP contribution in [0.4, 0.5) is 17.1 Å². The van der Waals surface area contributed by atoms with E-state index in [0.29, 0.717) is 21.8 Å². The normalized spacial score (nSPS) is 16.1. The second kappa shape index (κ2) is 27.4. The van der Waals surface area contributed by atoms with Gasteiger partial charge in [-0.1, -0.05) is 65.2 Å². The van der Waals surface area contributed by atoms with Crippen LogP contribution in [0.3, 0.4) is 0 Å². The molecule has 478 valence electrons. The Balaban J connectivity index is 0.000000143. The van der Waals surface area contributed by atoms with E-state index in [9.17, 15) is 14.4 Å². The van der Waals surface area contributed by atoms with Crippen LogP contribution in [0, 0.1) is 27.7 Å². The lowest BCUT2D eigenvalue weighted by Crippen LogP contribution is -2.35. The first-order valence-electron chi connectivity index (χ1n) is 30.5. The van der Waals surface area contributed by atoms with Crippen LogP contribution in [0.5, 0.6) is 23.0 Å². The number of methoxy groups -OCH3 is 4. The maximum absolute atomic E-state index is 11.6. The number of amides is 3. The molecule has 92 heavy (non-hydrogen) atoms. The van der Waals surface area contributed by atoms with E-state index in [1.165, 1.54) is 5.56 Å². The minimum atomic E-state index is -0.0123. The van der Waals surface area contributed by atoms with Crippen LogP contribution in [0.1, 0.15) is 62.7 Å². The molecule has 0 unspecified atom stereocenters. The van der Waals surface area contributed by atoms with Crippen LogP contribution >= 0.6 is 23.2 Å². The van der Waals surface area contributed by atoms with Gasteiger partial charge < -0.3 is 49.6 Å². The van der Waals surface area contributed by atoms with Gasteiger partial charge in [0, 0.05) is 113 Å². The maximum Gasteiger partial charge on any atom is 0.217 e. The number of nitrogens with one attached hydrogen (secondary N) is 3. The van der Waals surface area contributed by atoms with E-state index in [0.717, 1.165) is 166 Å². The molecule has 3 amide bonds. The largest absolute Gasteiger partial charge is 0.497 e. The van der Waals surface area contributed by atoms with Gasteiger partial charge in [-0.25, -0.2) is 28.5 Å². The number of halogens is 2. The van der Waals surface area contributed by atoms with Crippen LogP contribution in [-0.2, 0) is 14.4 Å². The fourth-order valence-electron chi connectivity index (χ4n) is 12.5. The molecular formula is C68H75Cl2N15O7. The number of aryl methyl sites for hydroxylation is 4. The average Bonchev–Trinajstić information content (AvgIpc) is 1.61. The smallest absolute Gasteiger partial charge is 0.217 e. The molecule has 3 aliphatic heterocycles. The number of nitrogens with zero attached hydrogens (tertiary/aromatic N) is 12. The van der Waals surface area contributed by atoms with Crippen LogP contribution in [-0.4, -0.2) is 147 Å². The molecule has 0 aliphatic carbocycles. The van der Waals surface area contributed by atoms with Crippen molar-refractivity contribution in [2.75, 3.05) is 82.4 Å². The van der Waals surface area contributed by atoms with Crippen molar-refractivity contribution in [1.82, 2.24) is 59.7 Å². The molecule has 3 atom stereocenters. The molecular weight excluding hydrogens is 1210 g/mol. The first-order valence-corrected chi connectivity index (χ1v) is 31.2. The third-order valence-electron chi connectivity index (χ3n) is 16.6. The van der Waals surface area contributed by atoms with Gasteiger partial charge in [-0.15, -0.1) is 0 Å². The lowest BCUT2D eigenvalue weighted by Gasteiger charge is -2.20. The molecule has 10 aromatic rings. The Morgan fingerprint density at radius 3 is 1.39 bits per heavy atom. The van der Waals surface area contributed by atoms with Gasteiger partial charge in [0.25, 0.3) is 0 Å². The monoisotopic (exact) mass is 1280 g/mol. The second-order valence-corrected chi connectivity index (χ2v) is 24.0. The summed E-state index contributed by atoms with van der Waals surface area (Å²) in [4.78, 5) is 55.8. The zero-order chi connectivity index (χ0) is 65.1. The van der Waals surface area contributed by atoms with Crippen LogP contribution in [0.2, 0.25) is 10.3 Å². The van der Waals surface area contributed by atoms with Crippen molar-refractivity contribution in [3.05, 3.63) is 142 Å². The topological polar surface area (TPSA) is 225 Å². The summed E-state index contributed by atoms with van der Waals surface area (Å²) in [7, 11) is 6.56. The molecule has 24 heteroatoms. The van der Waals surface area contributed by atoms with E-state index in [1.807, 2.05) is 104 Å². The fourth-order valence-corrected chi connectivity index (χ4v) is 12.8. The third-order valence-corrected chi connectivity index (χ3v) is 17.0. The first-order chi connectivity index (χ1) is 44.3. The Labute approximate surface area is 543 Å². The Morgan fingerprint density at radius 2 is 0.902 bits per heavy atom. The number of aromatic nitrogens is 9. The molecule has 3 fully saturated rings. The van der Waals surface area contributed by atoms with Gasteiger partial charge in [-0.3, -0.25) is 14.4 Å². The second-order valence-electron chi connectivity index (χ2n) is 23.3. The molecule has 0 spiro atoms. The van der Waals surface area contributed by atoms with E-state index in [2.05, 4.69) is 78.1 Å². The Morgan fingerprint density at radius 1 is 0.457 bits per heavy atom. The van der Waals surface area contributed by atoms with E-state index in [-0.39, 0.29) is 35.8 Å². The zero-order valence-corrected chi connectivity index (χ0v) is 55.0. The van der Waals surface area contributed by atoms with E-state index in [4.69, 9.17) is 62.2 Å². The predicted octanol–water partition coefficient (Wildman–Crippen LogP) is 10.6. The van der Waals surface area contributed by atoms with Gasteiger partial charge >= 0.3 is 0 Å². The van der Waals surface area contributed by atoms with Crippen molar-refractivity contribution in [3.63, 3.8) is 0 Å². The number of anilines is 3.